The van der Waals surface area contributed by atoms with Crippen molar-refractivity contribution in [3.63, 3.8) is 0 Å². The quantitative estimate of drug-likeness (QED) is 0.757. The van der Waals surface area contributed by atoms with Gasteiger partial charge in [0.2, 0.25) is 14.7 Å². The fraction of sp³-hybridized carbons (Fsp3) is 0.0667. The van der Waals surface area contributed by atoms with Gasteiger partial charge in [-0.2, -0.15) is 8.42 Å². The molecule has 7 nitrogen and oxygen atoms in total. The van der Waals surface area contributed by atoms with Gasteiger partial charge in [-0.25, -0.2) is 13.6 Å². The van der Waals surface area contributed by atoms with Crippen LogP contribution in [-0.4, -0.2) is 26.1 Å². The second-order valence-corrected chi connectivity index (χ2v) is 9.53. The predicted molar refractivity (Wildman–Crippen MR) is 97.6 cm³/mol. The van der Waals surface area contributed by atoms with Crippen molar-refractivity contribution < 1.29 is 21.4 Å². The van der Waals surface area contributed by atoms with Gasteiger partial charge >= 0.3 is 0 Å². The number of benzene rings is 2. The average molecular weight is 398 g/mol. The molecule has 0 fully saturated rings. The number of nitrogens with zero attached hydrogens (tertiary/aromatic N) is 1. The molecule has 25 heavy (non-hydrogen) atoms. The highest BCUT2D eigenvalue weighted by Gasteiger charge is 2.37. The minimum absolute atomic E-state index is 0.0863. The Kier molecular flexibility index (Phi) is 4.64. The van der Waals surface area contributed by atoms with E-state index < -0.39 is 24.8 Å². The summed E-state index contributed by atoms with van der Waals surface area (Å²) in [7, 11) is -8.24. The Morgan fingerprint density at radius 2 is 1.56 bits per heavy atom. The molecule has 1 aliphatic rings. The zero-order valence-corrected chi connectivity index (χ0v) is 15.1. The van der Waals surface area contributed by atoms with Gasteiger partial charge in [0.15, 0.2) is 0 Å². The molecule has 3 rings (SSSR count). The van der Waals surface area contributed by atoms with E-state index in [0.717, 1.165) is 17.3 Å². The van der Waals surface area contributed by atoms with Crippen molar-refractivity contribution in [1.29, 1.82) is 0 Å². The average Bonchev–Trinajstić information content (AvgIpc) is 3.00. The van der Waals surface area contributed by atoms with Crippen LogP contribution in [0.1, 0.15) is 5.56 Å². The summed E-state index contributed by atoms with van der Waals surface area (Å²) in [5.74, 6) is 0. The third kappa shape index (κ3) is 3.72. The van der Waals surface area contributed by atoms with Crippen LogP contribution in [0.25, 0.3) is 5.70 Å². The third-order valence-electron chi connectivity index (χ3n) is 3.53. The van der Waals surface area contributed by atoms with E-state index >= 15 is 0 Å². The minimum atomic E-state index is -4.39. The topological polar surface area (TPSA) is 118 Å². The molecule has 2 aromatic rings. The molecule has 3 N–H and O–H groups in total. The molecule has 10 heteroatoms. The number of primary sulfonamides is 1. The Morgan fingerprint density at radius 1 is 0.960 bits per heavy atom. The second-order valence-electron chi connectivity index (χ2n) is 5.24. The molecule has 0 radical (unpaired) electrons. The van der Waals surface area contributed by atoms with Crippen molar-refractivity contribution in [3.8, 4) is 0 Å². The lowest BCUT2D eigenvalue weighted by molar-refractivity contribution is 0.480. The molecule has 0 saturated heterocycles. The monoisotopic (exact) mass is 398 g/mol. The van der Waals surface area contributed by atoms with Crippen LogP contribution in [0.3, 0.4) is 0 Å². The van der Waals surface area contributed by atoms with Gasteiger partial charge in [-0.15, -0.1) is 0 Å². The van der Waals surface area contributed by atoms with Gasteiger partial charge in [0, 0.05) is 5.69 Å². The normalized spacial score (nSPS) is 18.2. The van der Waals surface area contributed by atoms with Crippen molar-refractivity contribution in [2.75, 3.05) is 4.90 Å². The summed E-state index contributed by atoms with van der Waals surface area (Å²) in [6, 6.07) is 14.5. The number of hydrogen-bond acceptors (Lipinski definition) is 6. The Morgan fingerprint density at radius 3 is 2.08 bits per heavy atom. The zero-order valence-electron chi connectivity index (χ0n) is 12.7. The summed E-state index contributed by atoms with van der Waals surface area (Å²) in [5.41, 5.74) is 1.75. The highest BCUT2D eigenvalue weighted by atomic mass is 32.3. The third-order valence-corrected chi connectivity index (χ3v) is 7.05. The van der Waals surface area contributed by atoms with E-state index in [2.05, 4.69) is 0 Å². The van der Waals surface area contributed by atoms with Crippen molar-refractivity contribution in [3.05, 3.63) is 65.6 Å². The fourth-order valence-corrected chi connectivity index (χ4v) is 5.03. The molecular weight excluding hydrogens is 384 g/mol. The van der Waals surface area contributed by atoms with Gasteiger partial charge < -0.3 is 4.90 Å². The summed E-state index contributed by atoms with van der Waals surface area (Å²) in [4.78, 5) is 1.35. The smallest absolute Gasteiger partial charge is 0.297 e. The van der Waals surface area contributed by atoms with Crippen molar-refractivity contribution in [1.82, 2.24) is 0 Å². The molecule has 1 atom stereocenters. The summed E-state index contributed by atoms with van der Waals surface area (Å²) in [6.45, 7) is 0. The van der Waals surface area contributed by atoms with Crippen LogP contribution in [0.2, 0.25) is 0 Å². The Balaban J connectivity index is 2.08. The first kappa shape index (κ1) is 18.0. The lowest BCUT2D eigenvalue weighted by Gasteiger charge is -2.27. The molecule has 2 aromatic carbocycles. The van der Waals surface area contributed by atoms with Crippen LogP contribution >= 0.6 is 11.8 Å². The number of rotatable bonds is 4. The Labute approximate surface area is 150 Å². The van der Waals surface area contributed by atoms with Gasteiger partial charge in [0.25, 0.3) is 10.1 Å². The molecule has 0 aliphatic carbocycles. The van der Waals surface area contributed by atoms with Crippen LogP contribution < -0.4 is 10.0 Å². The van der Waals surface area contributed by atoms with Crippen LogP contribution in [0, 0.1) is 0 Å². The standard InChI is InChI=1S/C15H14N2O5S3/c16-24(18,19)13-8-6-12(7-9-13)17-14(11-4-2-1-3-5-11)10-23-15(17)25(20,21)22/h1-10,15H,(H2,16,18,19)(H,20,21,22). The summed E-state index contributed by atoms with van der Waals surface area (Å²) in [6.07, 6.45) is 0. The zero-order chi connectivity index (χ0) is 18.2. The Bertz CT molecular complexity index is 1020. The Hall–Kier alpha value is -1.85. The second kappa shape index (κ2) is 6.46. The molecule has 0 bridgehead atoms. The van der Waals surface area contributed by atoms with E-state index in [1.807, 2.05) is 30.3 Å². The SMILES string of the molecule is NS(=O)(=O)c1ccc(N2C(c3ccccc3)=CSC2S(=O)(=O)O)cc1. The predicted octanol–water partition coefficient (Wildman–Crippen LogP) is 2.06. The number of thioether (sulfide) groups is 1. The van der Waals surface area contributed by atoms with Crippen LogP contribution in [0.15, 0.2) is 64.9 Å². The minimum Gasteiger partial charge on any atom is -0.312 e. The maximum Gasteiger partial charge on any atom is 0.297 e. The maximum atomic E-state index is 11.8. The molecule has 1 unspecified atom stereocenters. The van der Waals surface area contributed by atoms with E-state index in [4.69, 9.17) is 5.14 Å². The largest absolute Gasteiger partial charge is 0.312 e. The number of nitrogens with two attached hydrogens (primary N) is 1. The van der Waals surface area contributed by atoms with E-state index in [0.29, 0.717) is 11.4 Å². The van der Waals surface area contributed by atoms with Crippen molar-refractivity contribution in [2.24, 2.45) is 5.14 Å². The van der Waals surface area contributed by atoms with Gasteiger partial charge in [-0.1, -0.05) is 42.1 Å². The first-order valence-corrected chi connectivity index (χ1v) is 11.0. The van der Waals surface area contributed by atoms with E-state index in [1.54, 1.807) is 5.41 Å². The lowest BCUT2D eigenvalue weighted by Crippen LogP contribution is -2.34. The van der Waals surface area contributed by atoms with Crippen molar-refractivity contribution in [2.45, 2.75) is 9.60 Å². The van der Waals surface area contributed by atoms with E-state index in [-0.39, 0.29) is 4.90 Å². The highest BCUT2D eigenvalue weighted by Crippen LogP contribution is 2.42. The van der Waals surface area contributed by atoms with Gasteiger partial charge in [0.1, 0.15) is 0 Å². The van der Waals surface area contributed by atoms with Crippen LogP contribution in [0.4, 0.5) is 5.69 Å². The van der Waals surface area contributed by atoms with Crippen LogP contribution in [0.5, 0.6) is 0 Å². The first-order chi connectivity index (χ1) is 11.7. The lowest BCUT2D eigenvalue weighted by atomic mass is 10.1. The van der Waals surface area contributed by atoms with E-state index in [9.17, 15) is 21.4 Å². The molecule has 1 aliphatic heterocycles. The van der Waals surface area contributed by atoms with Crippen molar-refractivity contribution >= 4 is 43.3 Å². The summed E-state index contributed by atoms with van der Waals surface area (Å²) >= 11 is 0.948. The summed E-state index contributed by atoms with van der Waals surface area (Å²) < 4.78 is 54.6. The van der Waals surface area contributed by atoms with Crippen LogP contribution in [-0.2, 0) is 20.1 Å². The number of sulfonamides is 1. The van der Waals surface area contributed by atoms with E-state index in [1.165, 1.54) is 29.2 Å². The first-order valence-electron chi connectivity index (χ1n) is 6.97. The van der Waals surface area contributed by atoms with Gasteiger partial charge in [0.05, 0.1) is 10.6 Å². The maximum absolute atomic E-state index is 11.8. The molecule has 0 amide bonds. The van der Waals surface area contributed by atoms with Gasteiger partial charge in [-0.3, -0.25) is 4.55 Å². The number of hydrogen-bond donors (Lipinski definition) is 2. The summed E-state index contributed by atoms with van der Waals surface area (Å²) in [5, 5.41) is 6.72. The molecule has 1 heterocycles. The fourth-order valence-electron chi connectivity index (χ4n) is 2.43. The molecule has 132 valence electrons. The molecular formula is C15H14N2O5S3. The highest BCUT2D eigenvalue weighted by molar-refractivity contribution is 8.14. The molecule has 0 spiro atoms. The number of anilines is 1. The molecule has 0 saturated carbocycles. The molecule has 0 aromatic heterocycles. The van der Waals surface area contributed by atoms with Gasteiger partial charge in [-0.05, 0) is 35.2 Å².